The molecular formula is C19H22BrNO3. The van der Waals surface area contributed by atoms with Gasteiger partial charge in [-0.15, -0.1) is 0 Å². The van der Waals surface area contributed by atoms with Gasteiger partial charge < -0.3 is 14.8 Å². The lowest BCUT2D eigenvalue weighted by Crippen LogP contribution is -2.35. The summed E-state index contributed by atoms with van der Waals surface area (Å²) in [6, 6.07) is 13.7. The van der Waals surface area contributed by atoms with Crippen molar-refractivity contribution in [1.29, 1.82) is 0 Å². The molecule has 1 atom stereocenters. The molecule has 0 radical (unpaired) electrons. The molecular weight excluding hydrogens is 370 g/mol. The van der Waals surface area contributed by atoms with Crippen molar-refractivity contribution in [3.63, 3.8) is 0 Å². The lowest BCUT2D eigenvalue weighted by atomic mass is 10.1. The van der Waals surface area contributed by atoms with E-state index in [9.17, 15) is 4.79 Å². The summed E-state index contributed by atoms with van der Waals surface area (Å²) in [6.45, 7) is 2.01. The smallest absolute Gasteiger partial charge is 0.224 e. The molecule has 0 saturated heterocycles. The Balaban J connectivity index is 1.91. The maximum atomic E-state index is 12.2. The molecule has 0 aliphatic rings. The first-order valence-electron chi connectivity index (χ1n) is 7.76. The second kappa shape index (κ2) is 8.73. The van der Waals surface area contributed by atoms with Crippen molar-refractivity contribution >= 4 is 21.8 Å². The number of benzene rings is 2. The van der Waals surface area contributed by atoms with E-state index in [1.165, 1.54) is 5.56 Å². The molecule has 0 fully saturated rings. The number of methoxy groups -OCH3 is 2. The molecule has 2 aromatic rings. The van der Waals surface area contributed by atoms with E-state index in [1.54, 1.807) is 14.2 Å². The lowest BCUT2D eigenvalue weighted by molar-refractivity contribution is -0.121. The van der Waals surface area contributed by atoms with Crippen LogP contribution in [0.3, 0.4) is 0 Å². The number of rotatable bonds is 7. The van der Waals surface area contributed by atoms with Gasteiger partial charge in [0, 0.05) is 10.5 Å². The van der Waals surface area contributed by atoms with Gasteiger partial charge in [-0.05, 0) is 48.7 Å². The summed E-state index contributed by atoms with van der Waals surface area (Å²) in [5, 5.41) is 3.03. The topological polar surface area (TPSA) is 47.6 Å². The third-order valence-corrected chi connectivity index (χ3v) is 4.20. The van der Waals surface area contributed by atoms with Gasteiger partial charge in [-0.1, -0.05) is 34.1 Å². The Morgan fingerprint density at radius 2 is 1.67 bits per heavy atom. The maximum absolute atomic E-state index is 12.2. The molecule has 0 aliphatic heterocycles. The van der Waals surface area contributed by atoms with Gasteiger partial charge in [-0.25, -0.2) is 0 Å². The van der Waals surface area contributed by atoms with Crippen LogP contribution in [-0.4, -0.2) is 26.2 Å². The highest BCUT2D eigenvalue weighted by molar-refractivity contribution is 9.10. The molecule has 0 spiro atoms. The molecule has 0 saturated carbocycles. The average Bonchev–Trinajstić information content (AvgIpc) is 2.56. The molecule has 0 aliphatic carbocycles. The number of hydrogen-bond acceptors (Lipinski definition) is 3. The first-order chi connectivity index (χ1) is 11.5. The van der Waals surface area contributed by atoms with Crippen LogP contribution in [0.1, 0.15) is 18.1 Å². The summed E-state index contributed by atoms with van der Waals surface area (Å²) in [5.74, 6) is 1.28. The second-order valence-electron chi connectivity index (χ2n) is 5.67. The predicted octanol–water partition coefficient (Wildman–Crippen LogP) is 3.76. The highest BCUT2D eigenvalue weighted by Gasteiger charge is 2.11. The van der Waals surface area contributed by atoms with Gasteiger partial charge in [0.25, 0.3) is 0 Å². The van der Waals surface area contributed by atoms with Crippen LogP contribution in [0.25, 0.3) is 0 Å². The van der Waals surface area contributed by atoms with Crippen LogP contribution < -0.4 is 14.8 Å². The number of nitrogens with one attached hydrogen (secondary N) is 1. The van der Waals surface area contributed by atoms with Gasteiger partial charge in [0.2, 0.25) is 5.91 Å². The van der Waals surface area contributed by atoms with Crippen LogP contribution >= 0.6 is 15.9 Å². The molecule has 0 bridgehead atoms. The largest absolute Gasteiger partial charge is 0.493 e. The van der Waals surface area contributed by atoms with Crippen molar-refractivity contribution in [1.82, 2.24) is 5.32 Å². The third kappa shape index (κ3) is 5.27. The van der Waals surface area contributed by atoms with Gasteiger partial charge in [0.05, 0.1) is 20.6 Å². The molecule has 1 amide bonds. The van der Waals surface area contributed by atoms with Gasteiger partial charge in [-0.3, -0.25) is 4.79 Å². The van der Waals surface area contributed by atoms with E-state index in [-0.39, 0.29) is 11.9 Å². The summed E-state index contributed by atoms with van der Waals surface area (Å²) in [6.07, 6.45) is 1.11. The average molecular weight is 392 g/mol. The Kier molecular flexibility index (Phi) is 6.67. The third-order valence-electron chi connectivity index (χ3n) is 3.68. The van der Waals surface area contributed by atoms with E-state index in [1.807, 2.05) is 37.3 Å². The van der Waals surface area contributed by atoms with E-state index >= 15 is 0 Å². The summed E-state index contributed by atoms with van der Waals surface area (Å²) in [5.41, 5.74) is 2.08. The molecule has 128 valence electrons. The van der Waals surface area contributed by atoms with Crippen molar-refractivity contribution in [2.75, 3.05) is 14.2 Å². The van der Waals surface area contributed by atoms with E-state index in [4.69, 9.17) is 9.47 Å². The van der Waals surface area contributed by atoms with E-state index in [2.05, 4.69) is 33.4 Å². The summed E-state index contributed by atoms with van der Waals surface area (Å²) >= 11 is 3.42. The van der Waals surface area contributed by atoms with Gasteiger partial charge in [0.1, 0.15) is 0 Å². The number of carbonyl (C=O) groups excluding carboxylic acids is 1. The molecule has 4 nitrogen and oxygen atoms in total. The van der Waals surface area contributed by atoms with Crippen LogP contribution in [0.15, 0.2) is 46.9 Å². The van der Waals surface area contributed by atoms with Crippen LogP contribution in [0.2, 0.25) is 0 Å². The van der Waals surface area contributed by atoms with Crippen molar-refractivity contribution in [2.24, 2.45) is 0 Å². The lowest BCUT2D eigenvalue weighted by Gasteiger charge is -2.15. The summed E-state index contributed by atoms with van der Waals surface area (Å²) < 4.78 is 11.5. The van der Waals surface area contributed by atoms with Crippen molar-refractivity contribution in [3.05, 3.63) is 58.1 Å². The normalized spacial score (nSPS) is 11.7. The fraction of sp³-hybridized carbons (Fsp3) is 0.316. The zero-order chi connectivity index (χ0) is 17.5. The zero-order valence-corrected chi connectivity index (χ0v) is 15.7. The maximum Gasteiger partial charge on any atom is 0.224 e. The van der Waals surface area contributed by atoms with Crippen molar-refractivity contribution in [2.45, 2.75) is 25.8 Å². The summed E-state index contributed by atoms with van der Waals surface area (Å²) in [4.78, 5) is 12.2. The fourth-order valence-electron chi connectivity index (χ4n) is 2.53. The molecule has 0 aromatic heterocycles. The highest BCUT2D eigenvalue weighted by atomic mass is 79.9. The fourth-order valence-corrected chi connectivity index (χ4v) is 2.79. The Bertz CT molecular complexity index is 686. The molecule has 1 unspecified atom stereocenters. The SMILES string of the molecule is COc1ccc(CC(=O)NC(C)Cc2ccc(Br)cc2)cc1OC. The zero-order valence-electron chi connectivity index (χ0n) is 14.1. The first kappa shape index (κ1) is 18.3. The molecule has 2 rings (SSSR count). The van der Waals surface area contributed by atoms with Crippen LogP contribution in [0, 0.1) is 0 Å². The van der Waals surface area contributed by atoms with Gasteiger partial charge >= 0.3 is 0 Å². The Morgan fingerprint density at radius 3 is 2.29 bits per heavy atom. The van der Waals surface area contributed by atoms with Gasteiger partial charge in [0.15, 0.2) is 11.5 Å². The monoisotopic (exact) mass is 391 g/mol. The van der Waals surface area contributed by atoms with E-state index < -0.39 is 0 Å². The Hall–Kier alpha value is -2.01. The quantitative estimate of drug-likeness (QED) is 0.781. The minimum atomic E-state index is -0.00756. The van der Waals surface area contributed by atoms with Crippen molar-refractivity contribution in [3.8, 4) is 11.5 Å². The van der Waals surface area contributed by atoms with E-state index in [0.29, 0.717) is 17.9 Å². The Morgan fingerprint density at radius 1 is 1.04 bits per heavy atom. The number of halogens is 1. The predicted molar refractivity (Wildman–Crippen MR) is 98.7 cm³/mol. The Labute approximate surface area is 151 Å². The van der Waals surface area contributed by atoms with Crippen LogP contribution in [0.5, 0.6) is 11.5 Å². The molecule has 2 aromatic carbocycles. The van der Waals surface area contributed by atoms with Crippen LogP contribution in [-0.2, 0) is 17.6 Å². The molecule has 1 N–H and O–H groups in total. The summed E-state index contributed by atoms with van der Waals surface area (Å²) in [7, 11) is 3.18. The second-order valence-corrected chi connectivity index (χ2v) is 6.58. The van der Waals surface area contributed by atoms with Crippen LogP contribution in [0.4, 0.5) is 0 Å². The first-order valence-corrected chi connectivity index (χ1v) is 8.56. The number of hydrogen-bond donors (Lipinski definition) is 1. The number of ether oxygens (including phenoxy) is 2. The molecule has 0 heterocycles. The van der Waals surface area contributed by atoms with E-state index in [0.717, 1.165) is 16.5 Å². The molecule has 5 heteroatoms. The highest BCUT2D eigenvalue weighted by Crippen LogP contribution is 2.27. The standard InChI is InChI=1S/C19H22BrNO3/c1-13(10-14-4-7-16(20)8-5-14)21-19(22)12-15-6-9-17(23-2)18(11-15)24-3/h4-9,11,13H,10,12H2,1-3H3,(H,21,22). The molecule has 24 heavy (non-hydrogen) atoms. The number of amides is 1. The van der Waals surface area contributed by atoms with Crippen molar-refractivity contribution < 1.29 is 14.3 Å². The minimum absolute atomic E-state index is 0.00756. The number of carbonyl (C=O) groups is 1. The van der Waals surface area contributed by atoms with Gasteiger partial charge in [-0.2, -0.15) is 0 Å². The minimum Gasteiger partial charge on any atom is -0.493 e.